The van der Waals surface area contributed by atoms with Gasteiger partial charge in [-0.2, -0.15) is 0 Å². The summed E-state index contributed by atoms with van der Waals surface area (Å²) in [4.78, 5) is 18.8. The van der Waals surface area contributed by atoms with Crippen molar-refractivity contribution >= 4 is 12.0 Å². The number of pyridine rings is 1. The van der Waals surface area contributed by atoms with E-state index in [1.54, 1.807) is 24.5 Å². The number of fused-ring (bicyclic) bond motifs is 2. The molecule has 0 radical (unpaired) electrons. The molecule has 1 fully saturated rings. The van der Waals surface area contributed by atoms with Crippen LogP contribution in [0.25, 0.3) is 6.08 Å². The van der Waals surface area contributed by atoms with E-state index < -0.39 is 0 Å². The van der Waals surface area contributed by atoms with E-state index >= 15 is 0 Å². The Bertz CT molecular complexity index is 1120. The van der Waals surface area contributed by atoms with Crippen LogP contribution < -0.4 is 5.32 Å². The molecule has 1 aliphatic heterocycles. The molecule has 1 N–H and O–H groups in total. The number of nitrogens with zero attached hydrogens (tertiary/aromatic N) is 2. The monoisotopic (exact) mass is 479 g/mol. The van der Waals surface area contributed by atoms with Gasteiger partial charge in [0.2, 0.25) is 5.91 Å². The van der Waals surface area contributed by atoms with Crippen molar-refractivity contribution in [3.8, 4) is 0 Å². The van der Waals surface area contributed by atoms with E-state index in [1.165, 1.54) is 47.9 Å². The van der Waals surface area contributed by atoms with Gasteiger partial charge in [0.15, 0.2) is 0 Å². The molecule has 1 aliphatic carbocycles. The van der Waals surface area contributed by atoms with E-state index in [-0.39, 0.29) is 5.91 Å². The lowest BCUT2D eigenvalue weighted by atomic mass is 9.87. The van der Waals surface area contributed by atoms with Crippen LogP contribution in [0.5, 0.6) is 0 Å². The van der Waals surface area contributed by atoms with Crippen molar-refractivity contribution in [3.05, 3.63) is 107 Å². The van der Waals surface area contributed by atoms with Crippen LogP contribution in [0, 0.1) is 5.92 Å². The van der Waals surface area contributed by atoms with Gasteiger partial charge in [-0.15, -0.1) is 0 Å². The minimum atomic E-state index is -0.0314. The Balaban J connectivity index is 1.08. The number of nitrogens with one attached hydrogen (secondary N) is 1. The molecule has 0 unspecified atom stereocenters. The fraction of sp³-hybridized carbons (Fsp3) is 0.375. The van der Waals surface area contributed by atoms with Gasteiger partial charge >= 0.3 is 0 Å². The average molecular weight is 480 g/mol. The number of likely N-dealkylation sites (tertiary alicyclic amines) is 1. The van der Waals surface area contributed by atoms with Crippen molar-refractivity contribution in [3.63, 3.8) is 0 Å². The topological polar surface area (TPSA) is 45.2 Å². The molecule has 0 spiro atoms. The predicted octanol–water partition coefficient (Wildman–Crippen LogP) is 5.98. The zero-order valence-corrected chi connectivity index (χ0v) is 21.1. The number of aromatic nitrogens is 1. The van der Waals surface area contributed by atoms with Gasteiger partial charge in [-0.25, -0.2) is 0 Å². The number of piperidine rings is 1. The first-order valence-electron chi connectivity index (χ1n) is 13.5. The first-order chi connectivity index (χ1) is 17.8. The van der Waals surface area contributed by atoms with Crippen LogP contribution in [0.15, 0.2) is 79.1 Å². The lowest BCUT2D eigenvalue weighted by Crippen LogP contribution is -2.37. The molecule has 0 saturated carbocycles. The second kappa shape index (κ2) is 12.1. The molecule has 1 saturated heterocycles. The van der Waals surface area contributed by atoms with Gasteiger partial charge in [-0.1, -0.05) is 67.4 Å². The van der Waals surface area contributed by atoms with Crippen molar-refractivity contribution in [2.75, 3.05) is 19.6 Å². The summed E-state index contributed by atoms with van der Waals surface area (Å²) in [5, 5.41) is 3.01. The lowest BCUT2D eigenvalue weighted by Gasteiger charge is -2.39. The van der Waals surface area contributed by atoms with E-state index in [9.17, 15) is 4.79 Å². The first-order valence-corrected chi connectivity index (χ1v) is 13.5. The Morgan fingerprint density at radius 3 is 2.28 bits per heavy atom. The molecular formula is C32H37N3O. The highest BCUT2D eigenvalue weighted by Gasteiger charge is 2.31. The van der Waals surface area contributed by atoms with Crippen LogP contribution in [-0.4, -0.2) is 35.4 Å². The highest BCUT2D eigenvalue weighted by Crippen LogP contribution is 2.39. The molecule has 2 heterocycles. The Kier molecular flexibility index (Phi) is 8.24. The van der Waals surface area contributed by atoms with Crippen LogP contribution in [0.1, 0.15) is 66.0 Å². The number of amides is 1. The summed E-state index contributed by atoms with van der Waals surface area (Å²) in [6.07, 6.45) is 15.2. The summed E-state index contributed by atoms with van der Waals surface area (Å²) in [6, 6.07) is 22.4. The second-order valence-electron chi connectivity index (χ2n) is 10.2. The van der Waals surface area contributed by atoms with Crippen LogP contribution in [0.4, 0.5) is 0 Å². The molecule has 2 aliphatic rings. The van der Waals surface area contributed by atoms with Gasteiger partial charge in [0.05, 0.1) is 6.04 Å². The number of hydrogen-bond acceptors (Lipinski definition) is 3. The summed E-state index contributed by atoms with van der Waals surface area (Å²) < 4.78 is 0. The van der Waals surface area contributed by atoms with Gasteiger partial charge in [0, 0.05) is 25.0 Å². The van der Waals surface area contributed by atoms with Gasteiger partial charge in [0.25, 0.3) is 0 Å². The molecule has 5 rings (SSSR count). The molecular weight excluding hydrogens is 442 g/mol. The second-order valence-corrected chi connectivity index (χ2v) is 10.2. The fourth-order valence-corrected chi connectivity index (χ4v) is 5.86. The largest absolute Gasteiger partial charge is 0.353 e. The maximum absolute atomic E-state index is 12.0. The number of rotatable bonds is 8. The minimum absolute atomic E-state index is 0.0314. The summed E-state index contributed by atoms with van der Waals surface area (Å²) in [5.41, 5.74) is 6.98. The molecule has 0 bridgehead atoms. The molecule has 1 aromatic heterocycles. The fourth-order valence-electron chi connectivity index (χ4n) is 5.86. The highest BCUT2D eigenvalue weighted by molar-refractivity contribution is 5.91. The lowest BCUT2D eigenvalue weighted by molar-refractivity contribution is -0.116. The molecule has 1 amide bonds. The molecule has 2 aromatic carbocycles. The van der Waals surface area contributed by atoms with Gasteiger partial charge in [-0.05, 0) is 91.1 Å². The first kappa shape index (κ1) is 24.5. The molecule has 0 atom stereocenters. The molecule has 36 heavy (non-hydrogen) atoms. The number of carbonyl (C=O) groups excluding carboxylic acids is 1. The van der Waals surface area contributed by atoms with E-state index in [4.69, 9.17) is 0 Å². The van der Waals surface area contributed by atoms with Crippen LogP contribution in [0.3, 0.4) is 0 Å². The summed E-state index contributed by atoms with van der Waals surface area (Å²) >= 11 is 0. The van der Waals surface area contributed by atoms with Crippen LogP contribution >= 0.6 is 0 Å². The normalized spacial score (nSPS) is 16.9. The summed E-state index contributed by atoms with van der Waals surface area (Å²) in [6.45, 7) is 3.06. The van der Waals surface area contributed by atoms with E-state index in [2.05, 4.69) is 63.7 Å². The number of aryl methyl sites for hydroxylation is 2. The predicted molar refractivity (Wildman–Crippen MR) is 147 cm³/mol. The van der Waals surface area contributed by atoms with E-state index in [1.807, 2.05) is 12.1 Å². The zero-order chi connectivity index (χ0) is 24.6. The maximum Gasteiger partial charge on any atom is 0.243 e. The zero-order valence-electron chi connectivity index (χ0n) is 21.1. The van der Waals surface area contributed by atoms with Crippen LogP contribution in [-0.2, 0) is 17.6 Å². The number of unbranched alkanes of at least 4 members (excludes halogenated alkanes) is 1. The summed E-state index contributed by atoms with van der Waals surface area (Å²) in [5.74, 6) is 0.759. The third-order valence-corrected chi connectivity index (χ3v) is 7.83. The Labute approximate surface area is 215 Å². The van der Waals surface area contributed by atoms with Crippen LogP contribution in [0.2, 0.25) is 0 Å². The Hall–Kier alpha value is -3.24. The number of hydrogen-bond donors (Lipinski definition) is 1. The quantitative estimate of drug-likeness (QED) is 0.319. The number of carbonyl (C=O) groups is 1. The standard InChI is InChI=1S/C32H37N3O/c36-31(17-14-26-9-7-20-33-24-26)34-21-6-5-8-25-18-22-35(23-19-25)32-29-12-3-1-10-27(29)15-16-28-11-2-4-13-30(28)32/h1-4,7,9-14,17,20,24-25,32H,5-6,8,15-16,18-19,21-23H2,(H,34,36). The van der Waals surface area contributed by atoms with Crippen molar-refractivity contribution in [2.24, 2.45) is 5.92 Å². The molecule has 3 aromatic rings. The van der Waals surface area contributed by atoms with E-state index in [0.29, 0.717) is 6.04 Å². The molecule has 4 nitrogen and oxygen atoms in total. The van der Waals surface area contributed by atoms with Crippen molar-refractivity contribution in [1.29, 1.82) is 0 Å². The van der Waals surface area contributed by atoms with Crippen molar-refractivity contribution < 1.29 is 4.79 Å². The smallest absolute Gasteiger partial charge is 0.243 e. The van der Waals surface area contributed by atoms with Gasteiger partial charge < -0.3 is 5.32 Å². The van der Waals surface area contributed by atoms with Crippen molar-refractivity contribution in [1.82, 2.24) is 15.2 Å². The van der Waals surface area contributed by atoms with E-state index in [0.717, 1.165) is 50.4 Å². The van der Waals surface area contributed by atoms with Crippen molar-refractivity contribution in [2.45, 2.75) is 51.0 Å². The summed E-state index contributed by atoms with van der Waals surface area (Å²) in [7, 11) is 0. The maximum atomic E-state index is 12.0. The minimum Gasteiger partial charge on any atom is -0.353 e. The third-order valence-electron chi connectivity index (χ3n) is 7.83. The Morgan fingerprint density at radius 1 is 0.917 bits per heavy atom. The van der Waals surface area contributed by atoms with Gasteiger partial charge in [0.1, 0.15) is 0 Å². The Morgan fingerprint density at radius 2 is 1.61 bits per heavy atom. The molecule has 4 heteroatoms. The highest BCUT2D eigenvalue weighted by atomic mass is 16.1. The molecule has 186 valence electrons. The average Bonchev–Trinajstić information content (AvgIpc) is 3.10. The SMILES string of the molecule is O=C(C=Cc1cccnc1)NCCCCC1CCN(C2c3ccccc3CCc3ccccc32)CC1. The van der Waals surface area contributed by atoms with Gasteiger partial charge in [-0.3, -0.25) is 14.7 Å². The number of benzene rings is 2. The third kappa shape index (κ3) is 6.11.